The fraction of sp³-hybridized carbons (Fsp3) is 0.533. The molecule has 1 amide bonds. The maximum absolute atomic E-state index is 12.4. The molecule has 2 rings (SSSR count). The van der Waals surface area contributed by atoms with E-state index in [0.29, 0.717) is 28.9 Å². The van der Waals surface area contributed by atoms with Crippen LogP contribution in [0, 0.1) is 5.92 Å². The normalized spacial score (nSPS) is 21.2. The summed E-state index contributed by atoms with van der Waals surface area (Å²) in [7, 11) is 0. The highest BCUT2D eigenvalue weighted by Gasteiger charge is 2.32. The van der Waals surface area contributed by atoms with E-state index in [0.717, 1.165) is 6.42 Å². The van der Waals surface area contributed by atoms with Crippen LogP contribution in [0.25, 0.3) is 0 Å². The summed E-state index contributed by atoms with van der Waals surface area (Å²) < 4.78 is 5.63. The van der Waals surface area contributed by atoms with Crippen LogP contribution in [0.2, 0.25) is 10.0 Å². The summed E-state index contributed by atoms with van der Waals surface area (Å²) in [4.78, 5) is 14.1. The van der Waals surface area contributed by atoms with Crippen LogP contribution in [0.5, 0.6) is 5.75 Å². The van der Waals surface area contributed by atoms with Crippen molar-refractivity contribution < 1.29 is 14.6 Å². The summed E-state index contributed by atoms with van der Waals surface area (Å²) in [6.07, 6.45) is -0.233. The lowest BCUT2D eigenvalue weighted by Gasteiger charge is -2.22. The second-order valence-electron chi connectivity index (χ2n) is 5.39. The van der Waals surface area contributed by atoms with Crippen LogP contribution >= 0.6 is 23.2 Å². The SMILES string of the molecule is CC(Oc1cccc(Cl)c1Cl)C(=O)N1CCC(C(C)O)C1. The molecule has 0 aromatic heterocycles. The number of benzene rings is 1. The molecule has 1 aliphatic rings. The fourth-order valence-corrected chi connectivity index (χ4v) is 2.79. The Morgan fingerprint density at radius 1 is 1.43 bits per heavy atom. The standard InChI is InChI=1S/C15H19Cl2NO3/c1-9(19)11-6-7-18(8-11)15(20)10(2)21-13-5-3-4-12(16)14(13)17/h3-5,9-11,19H,6-8H2,1-2H3. The van der Waals surface area contributed by atoms with Gasteiger partial charge in [0.15, 0.2) is 6.10 Å². The van der Waals surface area contributed by atoms with Gasteiger partial charge in [-0.1, -0.05) is 29.3 Å². The lowest BCUT2D eigenvalue weighted by molar-refractivity contribution is -0.137. The van der Waals surface area contributed by atoms with Gasteiger partial charge in [-0.25, -0.2) is 0 Å². The largest absolute Gasteiger partial charge is 0.479 e. The van der Waals surface area contributed by atoms with Gasteiger partial charge in [0, 0.05) is 19.0 Å². The van der Waals surface area contributed by atoms with Gasteiger partial charge in [-0.2, -0.15) is 0 Å². The Balaban J connectivity index is 1.99. The predicted molar refractivity (Wildman–Crippen MR) is 82.9 cm³/mol. The zero-order valence-corrected chi connectivity index (χ0v) is 13.6. The first kappa shape index (κ1) is 16.4. The van der Waals surface area contributed by atoms with Gasteiger partial charge in [-0.05, 0) is 32.4 Å². The molecule has 0 radical (unpaired) electrons. The van der Waals surface area contributed by atoms with Crippen molar-refractivity contribution in [3.05, 3.63) is 28.2 Å². The molecular formula is C15H19Cl2NO3. The van der Waals surface area contributed by atoms with E-state index in [-0.39, 0.29) is 11.8 Å². The number of ether oxygens (including phenoxy) is 1. The number of carbonyl (C=O) groups excluding carboxylic acids is 1. The van der Waals surface area contributed by atoms with E-state index in [1.807, 2.05) is 0 Å². The van der Waals surface area contributed by atoms with Crippen molar-refractivity contribution in [2.75, 3.05) is 13.1 Å². The van der Waals surface area contributed by atoms with Gasteiger partial charge >= 0.3 is 0 Å². The summed E-state index contributed by atoms with van der Waals surface area (Å²) in [5.74, 6) is 0.432. The van der Waals surface area contributed by atoms with Crippen LogP contribution in [-0.4, -0.2) is 41.2 Å². The lowest BCUT2D eigenvalue weighted by atomic mass is 10.0. The maximum Gasteiger partial charge on any atom is 0.263 e. The van der Waals surface area contributed by atoms with Crippen molar-refractivity contribution >= 4 is 29.1 Å². The number of likely N-dealkylation sites (tertiary alicyclic amines) is 1. The predicted octanol–water partition coefficient (Wildman–Crippen LogP) is 2.99. The van der Waals surface area contributed by atoms with E-state index < -0.39 is 12.2 Å². The first-order chi connectivity index (χ1) is 9.90. The third-order valence-corrected chi connectivity index (χ3v) is 4.59. The van der Waals surface area contributed by atoms with Gasteiger partial charge in [0.05, 0.1) is 11.1 Å². The Bertz CT molecular complexity index is 522. The number of aliphatic hydroxyl groups excluding tert-OH is 1. The molecule has 0 bridgehead atoms. The molecule has 3 atom stereocenters. The van der Waals surface area contributed by atoms with E-state index >= 15 is 0 Å². The van der Waals surface area contributed by atoms with E-state index in [2.05, 4.69) is 0 Å². The molecule has 6 heteroatoms. The van der Waals surface area contributed by atoms with Crippen molar-refractivity contribution in [1.82, 2.24) is 4.90 Å². The van der Waals surface area contributed by atoms with Crippen molar-refractivity contribution in [3.8, 4) is 5.75 Å². The number of aliphatic hydroxyl groups is 1. The fourth-order valence-electron chi connectivity index (χ4n) is 2.45. The zero-order valence-electron chi connectivity index (χ0n) is 12.1. The highest BCUT2D eigenvalue weighted by molar-refractivity contribution is 6.42. The van der Waals surface area contributed by atoms with Gasteiger partial charge in [0.1, 0.15) is 10.8 Å². The molecular weight excluding hydrogens is 313 g/mol. The van der Waals surface area contributed by atoms with E-state index in [4.69, 9.17) is 27.9 Å². The molecule has 1 aliphatic heterocycles. The second-order valence-corrected chi connectivity index (χ2v) is 6.17. The minimum atomic E-state index is -0.645. The summed E-state index contributed by atoms with van der Waals surface area (Å²) in [5.41, 5.74) is 0. The van der Waals surface area contributed by atoms with Gasteiger partial charge in [0.25, 0.3) is 5.91 Å². The second kappa shape index (κ2) is 6.86. The summed E-state index contributed by atoms with van der Waals surface area (Å²) in [5, 5.41) is 10.3. The first-order valence-corrected chi connectivity index (χ1v) is 7.73. The molecule has 4 nitrogen and oxygen atoms in total. The summed E-state index contributed by atoms with van der Waals surface area (Å²) in [6, 6.07) is 5.07. The van der Waals surface area contributed by atoms with Gasteiger partial charge in [-0.3, -0.25) is 4.79 Å². The van der Waals surface area contributed by atoms with Gasteiger partial charge in [0.2, 0.25) is 0 Å². The Labute approximate surface area is 134 Å². The van der Waals surface area contributed by atoms with E-state index in [9.17, 15) is 9.90 Å². The molecule has 0 saturated carbocycles. The van der Waals surface area contributed by atoms with Crippen molar-refractivity contribution in [2.45, 2.75) is 32.5 Å². The molecule has 116 valence electrons. The molecule has 1 N–H and O–H groups in total. The third-order valence-electron chi connectivity index (χ3n) is 3.79. The molecule has 0 spiro atoms. The Kier molecular flexibility index (Phi) is 5.36. The van der Waals surface area contributed by atoms with Crippen molar-refractivity contribution in [3.63, 3.8) is 0 Å². The number of hydrogen-bond donors (Lipinski definition) is 1. The molecule has 1 heterocycles. The Hall–Kier alpha value is -0.970. The zero-order chi connectivity index (χ0) is 15.6. The number of amides is 1. The maximum atomic E-state index is 12.4. The highest BCUT2D eigenvalue weighted by Crippen LogP contribution is 2.32. The molecule has 1 aromatic rings. The molecule has 0 aliphatic carbocycles. The van der Waals surface area contributed by atoms with Crippen LogP contribution in [0.1, 0.15) is 20.3 Å². The number of carbonyl (C=O) groups is 1. The molecule has 21 heavy (non-hydrogen) atoms. The van der Waals surface area contributed by atoms with Gasteiger partial charge < -0.3 is 14.7 Å². The monoisotopic (exact) mass is 331 g/mol. The van der Waals surface area contributed by atoms with E-state index in [1.54, 1.807) is 36.9 Å². The molecule has 1 saturated heterocycles. The smallest absolute Gasteiger partial charge is 0.263 e. The van der Waals surface area contributed by atoms with Crippen LogP contribution in [0.4, 0.5) is 0 Å². The summed E-state index contributed by atoms with van der Waals surface area (Å²) in [6.45, 7) is 4.65. The van der Waals surface area contributed by atoms with Crippen LogP contribution < -0.4 is 4.74 Å². The lowest BCUT2D eigenvalue weighted by Crippen LogP contribution is -2.39. The number of hydrogen-bond acceptors (Lipinski definition) is 3. The minimum Gasteiger partial charge on any atom is -0.479 e. The Morgan fingerprint density at radius 2 is 2.14 bits per heavy atom. The van der Waals surface area contributed by atoms with Crippen LogP contribution in [0.3, 0.4) is 0 Å². The summed E-state index contributed by atoms with van der Waals surface area (Å²) >= 11 is 12.0. The topological polar surface area (TPSA) is 49.8 Å². The average molecular weight is 332 g/mol. The number of rotatable bonds is 4. The number of halogens is 2. The highest BCUT2D eigenvalue weighted by atomic mass is 35.5. The minimum absolute atomic E-state index is 0.103. The Morgan fingerprint density at radius 3 is 2.76 bits per heavy atom. The molecule has 1 aromatic carbocycles. The van der Waals surface area contributed by atoms with Crippen molar-refractivity contribution in [1.29, 1.82) is 0 Å². The van der Waals surface area contributed by atoms with Crippen molar-refractivity contribution in [2.24, 2.45) is 5.92 Å². The van der Waals surface area contributed by atoms with Crippen LogP contribution in [0.15, 0.2) is 18.2 Å². The quantitative estimate of drug-likeness (QED) is 0.922. The molecule has 3 unspecified atom stereocenters. The van der Waals surface area contributed by atoms with E-state index in [1.165, 1.54) is 0 Å². The van der Waals surface area contributed by atoms with Gasteiger partial charge in [-0.15, -0.1) is 0 Å². The average Bonchev–Trinajstić information content (AvgIpc) is 2.93. The van der Waals surface area contributed by atoms with Crippen LogP contribution in [-0.2, 0) is 4.79 Å². The number of nitrogens with zero attached hydrogens (tertiary/aromatic N) is 1. The third kappa shape index (κ3) is 3.82. The first-order valence-electron chi connectivity index (χ1n) is 6.97. The molecule has 1 fully saturated rings.